The molecule has 0 aromatic rings. The lowest BCUT2D eigenvalue weighted by Crippen LogP contribution is -2.39. The Bertz CT molecular complexity index is 399. The Kier molecular flexibility index (Phi) is 6.61. The van der Waals surface area contributed by atoms with Gasteiger partial charge in [0.25, 0.3) is 0 Å². The predicted molar refractivity (Wildman–Crippen MR) is 75.4 cm³/mol. The van der Waals surface area contributed by atoms with E-state index in [1.807, 2.05) is 0 Å². The molecule has 7 heteroatoms. The molecule has 0 saturated carbocycles. The molecular formula is C14H24N2O5. The van der Waals surface area contributed by atoms with Gasteiger partial charge in [-0.2, -0.15) is 0 Å². The van der Waals surface area contributed by atoms with Gasteiger partial charge in [0.15, 0.2) is 0 Å². The number of hydrogen-bond donors (Lipinski definition) is 0. The summed E-state index contributed by atoms with van der Waals surface area (Å²) in [5.74, 6) is -1.22. The van der Waals surface area contributed by atoms with Crippen LogP contribution in [0.4, 0.5) is 0 Å². The van der Waals surface area contributed by atoms with Crippen LogP contribution in [0, 0.1) is 11.8 Å². The van der Waals surface area contributed by atoms with Crippen molar-refractivity contribution in [2.45, 2.75) is 13.3 Å². The maximum absolute atomic E-state index is 12.3. The van der Waals surface area contributed by atoms with Crippen molar-refractivity contribution in [3.63, 3.8) is 0 Å². The fraction of sp³-hybridized carbons (Fsp3) is 0.786. The highest BCUT2D eigenvalue weighted by Gasteiger charge is 2.35. The first-order valence-corrected chi connectivity index (χ1v) is 7.00. The Morgan fingerprint density at radius 3 is 2.67 bits per heavy atom. The molecule has 0 aromatic heterocycles. The van der Waals surface area contributed by atoms with Crippen molar-refractivity contribution in [1.82, 2.24) is 9.80 Å². The van der Waals surface area contributed by atoms with Crippen molar-refractivity contribution >= 4 is 17.8 Å². The predicted octanol–water partition coefficient (Wildman–Crippen LogP) is -0.251. The van der Waals surface area contributed by atoms with Crippen LogP contribution >= 0.6 is 0 Å². The summed E-state index contributed by atoms with van der Waals surface area (Å²) < 4.78 is 9.59. The molecule has 1 saturated heterocycles. The van der Waals surface area contributed by atoms with Gasteiger partial charge in [0.2, 0.25) is 11.8 Å². The minimum absolute atomic E-state index is 0.0279. The van der Waals surface area contributed by atoms with Crippen LogP contribution in [0.2, 0.25) is 0 Å². The van der Waals surface area contributed by atoms with Crippen LogP contribution in [0.3, 0.4) is 0 Å². The van der Waals surface area contributed by atoms with E-state index in [1.54, 1.807) is 26.0 Å². The molecule has 0 N–H and O–H groups in total. The lowest BCUT2D eigenvalue weighted by atomic mass is 10.1. The van der Waals surface area contributed by atoms with Crippen LogP contribution in [0.15, 0.2) is 0 Å². The fourth-order valence-electron chi connectivity index (χ4n) is 2.44. The van der Waals surface area contributed by atoms with Gasteiger partial charge in [0, 0.05) is 40.2 Å². The van der Waals surface area contributed by atoms with E-state index in [4.69, 9.17) is 4.74 Å². The number of ether oxygens (including phenoxy) is 2. The zero-order chi connectivity index (χ0) is 16.0. The number of esters is 1. The second-order valence-corrected chi connectivity index (χ2v) is 5.38. The summed E-state index contributed by atoms with van der Waals surface area (Å²) in [6.07, 6.45) is 0.222. The Morgan fingerprint density at radius 2 is 2.10 bits per heavy atom. The van der Waals surface area contributed by atoms with E-state index in [-0.39, 0.29) is 42.6 Å². The molecule has 2 unspecified atom stereocenters. The molecule has 0 aliphatic carbocycles. The standard InChI is InChI=1S/C14H24N2O5/c1-10(14(19)21-4)8-15(2)13(18)11-7-12(17)16(9-11)5-6-20-3/h10-11H,5-9H2,1-4H3. The van der Waals surface area contributed by atoms with E-state index < -0.39 is 0 Å². The molecule has 1 aliphatic rings. The topological polar surface area (TPSA) is 76.2 Å². The van der Waals surface area contributed by atoms with Crippen molar-refractivity contribution in [3.05, 3.63) is 0 Å². The number of nitrogens with zero attached hydrogens (tertiary/aromatic N) is 2. The van der Waals surface area contributed by atoms with Gasteiger partial charge in [0.1, 0.15) is 0 Å². The van der Waals surface area contributed by atoms with Gasteiger partial charge in [-0.15, -0.1) is 0 Å². The minimum Gasteiger partial charge on any atom is -0.469 e. The van der Waals surface area contributed by atoms with Gasteiger partial charge in [-0.05, 0) is 0 Å². The number of amides is 2. The second-order valence-electron chi connectivity index (χ2n) is 5.38. The Morgan fingerprint density at radius 1 is 1.43 bits per heavy atom. The first kappa shape index (κ1) is 17.4. The molecule has 21 heavy (non-hydrogen) atoms. The lowest BCUT2D eigenvalue weighted by Gasteiger charge is -2.23. The third kappa shape index (κ3) is 4.70. The third-order valence-electron chi connectivity index (χ3n) is 3.66. The van der Waals surface area contributed by atoms with Crippen LogP contribution in [0.5, 0.6) is 0 Å². The van der Waals surface area contributed by atoms with Crippen LogP contribution in [0.25, 0.3) is 0 Å². The molecule has 0 aromatic carbocycles. The number of likely N-dealkylation sites (tertiary alicyclic amines) is 1. The van der Waals surface area contributed by atoms with Crippen molar-refractivity contribution in [2.75, 3.05) is 47.5 Å². The molecule has 2 atom stereocenters. The van der Waals surface area contributed by atoms with Gasteiger partial charge in [-0.25, -0.2) is 0 Å². The molecule has 1 aliphatic heterocycles. The molecule has 120 valence electrons. The van der Waals surface area contributed by atoms with E-state index in [9.17, 15) is 14.4 Å². The first-order chi connectivity index (χ1) is 9.90. The van der Waals surface area contributed by atoms with E-state index >= 15 is 0 Å². The van der Waals surface area contributed by atoms with E-state index in [1.165, 1.54) is 12.0 Å². The largest absolute Gasteiger partial charge is 0.469 e. The summed E-state index contributed by atoms with van der Waals surface area (Å²) in [6, 6.07) is 0. The highest BCUT2D eigenvalue weighted by atomic mass is 16.5. The second kappa shape index (κ2) is 7.97. The molecule has 1 rings (SSSR count). The number of methoxy groups -OCH3 is 2. The molecule has 7 nitrogen and oxygen atoms in total. The van der Waals surface area contributed by atoms with Crippen LogP contribution in [-0.2, 0) is 23.9 Å². The Labute approximate surface area is 125 Å². The molecule has 0 bridgehead atoms. The first-order valence-electron chi connectivity index (χ1n) is 7.00. The SMILES string of the molecule is COCCN1CC(C(=O)N(C)CC(C)C(=O)OC)CC1=O. The van der Waals surface area contributed by atoms with Gasteiger partial charge >= 0.3 is 5.97 Å². The quantitative estimate of drug-likeness (QED) is 0.606. The van der Waals surface area contributed by atoms with Crippen LogP contribution in [-0.4, -0.2) is 75.1 Å². The zero-order valence-electron chi connectivity index (χ0n) is 13.1. The zero-order valence-corrected chi connectivity index (χ0v) is 13.1. The number of hydrogen-bond acceptors (Lipinski definition) is 5. The van der Waals surface area contributed by atoms with Crippen LogP contribution in [0.1, 0.15) is 13.3 Å². The minimum atomic E-state index is -0.384. The maximum atomic E-state index is 12.3. The molecule has 1 heterocycles. The number of carbonyl (C=O) groups excluding carboxylic acids is 3. The average Bonchev–Trinajstić information content (AvgIpc) is 2.84. The molecule has 0 spiro atoms. The van der Waals surface area contributed by atoms with Crippen LogP contribution < -0.4 is 0 Å². The summed E-state index contributed by atoms with van der Waals surface area (Å²) in [4.78, 5) is 38.7. The van der Waals surface area contributed by atoms with Gasteiger partial charge < -0.3 is 19.3 Å². The summed E-state index contributed by atoms with van der Waals surface area (Å²) in [6.45, 7) is 3.37. The Balaban J connectivity index is 2.52. The smallest absolute Gasteiger partial charge is 0.310 e. The fourth-order valence-corrected chi connectivity index (χ4v) is 2.44. The highest BCUT2D eigenvalue weighted by molar-refractivity contribution is 5.89. The van der Waals surface area contributed by atoms with E-state index in [2.05, 4.69) is 4.74 Å². The number of rotatable bonds is 7. The van der Waals surface area contributed by atoms with Gasteiger partial charge in [-0.3, -0.25) is 14.4 Å². The van der Waals surface area contributed by atoms with Crippen molar-refractivity contribution < 1.29 is 23.9 Å². The summed E-state index contributed by atoms with van der Waals surface area (Å²) >= 11 is 0. The average molecular weight is 300 g/mol. The van der Waals surface area contributed by atoms with E-state index in [0.29, 0.717) is 19.7 Å². The normalized spacial score (nSPS) is 19.5. The summed E-state index contributed by atoms with van der Waals surface area (Å²) in [5.41, 5.74) is 0. The van der Waals surface area contributed by atoms with E-state index in [0.717, 1.165) is 0 Å². The summed E-state index contributed by atoms with van der Waals surface area (Å²) in [7, 11) is 4.54. The molecule has 2 amide bonds. The lowest BCUT2D eigenvalue weighted by molar-refractivity contribution is -0.146. The molecule has 1 fully saturated rings. The monoisotopic (exact) mass is 300 g/mol. The van der Waals surface area contributed by atoms with Gasteiger partial charge in [0.05, 0.1) is 25.6 Å². The molecular weight excluding hydrogens is 276 g/mol. The van der Waals surface area contributed by atoms with Crippen molar-refractivity contribution in [2.24, 2.45) is 11.8 Å². The van der Waals surface area contributed by atoms with Gasteiger partial charge in [-0.1, -0.05) is 6.92 Å². The number of carbonyl (C=O) groups is 3. The summed E-state index contributed by atoms with van der Waals surface area (Å²) in [5, 5.41) is 0. The van der Waals surface area contributed by atoms with Crippen molar-refractivity contribution in [1.29, 1.82) is 0 Å². The third-order valence-corrected chi connectivity index (χ3v) is 3.66. The molecule has 0 radical (unpaired) electrons. The maximum Gasteiger partial charge on any atom is 0.310 e. The highest BCUT2D eigenvalue weighted by Crippen LogP contribution is 2.20. The van der Waals surface area contributed by atoms with Crippen molar-refractivity contribution in [3.8, 4) is 0 Å². The Hall–Kier alpha value is -1.63.